The van der Waals surface area contributed by atoms with Crippen LogP contribution in [-0.2, 0) is 6.54 Å². The minimum Gasteiger partial charge on any atom is -0.393 e. The maximum atomic E-state index is 13.1. The number of piperidine rings is 1. The zero-order valence-electron chi connectivity index (χ0n) is 15.0. The van der Waals surface area contributed by atoms with E-state index >= 15 is 0 Å². The highest BCUT2D eigenvalue weighted by molar-refractivity contribution is 5.97. The zero-order valence-corrected chi connectivity index (χ0v) is 15.0. The second-order valence-electron chi connectivity index (χ2n) is 7.65. The highest BCUT2D eigenvalue weighted by Gasteiger charge is 2.43. The van der Waals surface area contributed by atoms with Crippen LogP contribution in [0.15, 0.2) is 48.9 Å². The average molecular weight is 362 g/mol. The van der Waals surface area contributed by atoms with Gasteiger partial charge in [0.25, 0.3) is 5.91 Å². The van der Waals surface area contributed by atoms with Gasteiger partial charge in [-0.15, -0.1) is 0 Å². The third-order valence-electron chi connectivity index (χ3n) is 5.84. The molecule has 2 aliphatic heterocycles. The van der Waals surface area contributed by atoms with Crippen LogP contribution in [0.5, 0.6) is 0 Å². The predicted molar refractivity (Wildman–Crippen MR) is 101 cm³/mol. The Morgan fingerprint density at radius 2 is 1.85 bits per heavy atom. The highest BCUT2D eigenvalue weighted by Crippen LogP contribution is 2.36. The standard InChI is InChI=1S/C21H22N4O2/c26-18-9-16-6-7-17(10-18)25(16)21(27)15-8-19-20(22-11-15)24(13-23-19)12-14-4-2-1-3-5-14/h1-5,8,11,13,16-18,26H,6-7,9-10,12H2/t16-,17+,18?. The Bertz CT molecular complexity index is 970. The lowest BCUT2D eigenvalue weighted by atomic mass is 9.99. The Morgan fingerprint density at radius 1 is 1.11 bits per heavy atom. The smallest absolute Gasteiger partial charge is 0.256 e. The van der Waals surface area contributed by atoms with Crippen LogP contribution in [0.4, 0.5) is 0 Å². The number of imidazole rings is 1. The molecule has 2 aromatic heterocycles. The fraction of sp³-hybridized carbons (Fsp3) is 0.381. The second-order valence-corrected chi connectivity index (χ2v) is 7.65. The second kappa shape index (κ2) is 6.46. The molecule has 2 fully saturated rings. The van der Waals surface area contributed by atoms with Crippen molar-refractivity contribution in [2.75, 3.05) is 0 Å². The normalized spacial score (nSPS) is 24.5. The zero-order chi connectivity index (χ0) is 18.4. The molecule has 0 saturated carbocycles. The summed E-state index contributed by atoms with van der Waals surface area (Å²) in [7, 11) is 0. The van der Waals surface area contributed by atoms with E-state index in [9.17, 15) is 9.90 Å². The van der Waals surface area contributed by atoms with E-state index in [1.165, 1.54) is 5.56 Å². The van der Waals surface area contributed by atoms with Gasteiger partial charge in [0.05, 0.1) is 24.5 Å². The topological polar surface area (TPSA) is 71.2 Å². The van der Waals surface area contributed by atoms with E-state index in [4.69, 9.17) is 0 Å². The van der Waals surface area contributed by atoms with E-state index in [0.717, 1.165) is 24.0 Å². The first-order valence-corrected chi connectivity index (χ1v) is 9.54. The quantitative estimate of drug-likeness (QED) is 0.777. The number of carbonyl (C=O) groups is 1. The van der Waals surface area contributed by atoms with Gasteiger partial charge in [-0.25, -0.2) is 9.97 Å². The molecule has 4 heterocycles. The fourth-order valence-corrected chi connectivity index (χ4v) is 4.59. The summed E-state index contributed by atoms with van der Waals surface area (Å²) in [6, 6.07) is 12.3. The number of nitrogens with zero attached hydrogens (tertiary/aromatic N) is 4. The van der Waals surface area contributed by atoms with E-state index in [2.05, 4.69) is 22.1 Å². The summed E-state index contributed by atoms with van der Waals surface area (Å²) in [6.45, 7) is 0.700. The number of carbonyl (C=O) groups excluding carboxylic acids is 1. The number of amides is 1. The minimum absolute atomic E-state index is 0.0152. The Hall–Kier alpha value is -2.73. The maximum absolute atomic E-state index is 13.1. The summed E-state index contributed by atoms with van der Waals surface area (Å²) in [5, 5.41) is 9.96. The third kappa shape index (κ3) is 2.90. The van der Waals surface area contributed by atoms with Crippen molar-refractivity contribution in [3.05, 3.63) is 60.0 Å². The number of fused-ring (bicyclic) bond motifs is 3. The van der Waals surface area contributed by atoms with Gasteiger partial charge in [0.15, 0.2) is 5.65 Å². The molecule has 2 saturated heterocycles. The van der Waals surface area contributed by atoms with Gasteiger partial charge in [0, 0.05) is 18.3 Å². The first kappa shape index (κ1) is 16.4. The molecule has 0 spiro atoms. The minimum atomic E-state index is -0.277. The predicted octanol–water partition coefficient (Wildman–Crippen LogP) is 2.61. The molecule has 1 aromatic carbocycles. The summed E-state index contributed by atoms with van der Waals surface area (Å²) in [5.41, 5.74) is 3.29. The number of hydrogen-bond acceptors (Lipinski definition) is 4. The molecule has 0 aliphatic carbocycles. The van der Waals surface area contributed by atoms with Crippen LogP contribution in [0.25, 0.3) is 11.2 Å². The van der Waals surface area contributed by atoms with E-state index in [1.807, 2.05) is 33.7 Å². The van der Waals surface area contributed by atoms with Crippen LogP contribution in [0.1, 0.15) is 41.6 Å². The van der Waals surface area contributed by atoms with Crippen molar-refractivity contribution in [2.45, 2.75) is 50.4 Å². The number of aromatic nitrogens is 3. The van der Waals surface area contributed by atoms with E-state index in [1.54, 1.807) is 12.5 Å². The monoisotopic (exact) mass is 362 g/mol. The van der Waals surface area contributed by atoms with E-state index in [-0.39, 0.29) is 24.1 Å². The van der Waals surface area contributed by atoms with Crippen molar-refractivity contribution < 1.29 is 9.90 Å². The van der Waals surface area contributed by atoms with Crippen LogP contribution >= 0.6 is 0 Å². The Morgan fingerprint density at radius 3 is 2.59 bits per heavy atom. The number of rotatable bonds is 3. The van der Waals surface area contributed by atoms with Crippen molar-refractivity contribution in [3.8, 4) is 0 Å². The van der Waals surface area contributed by atoms with Crippen molar-refractivity contribution in [2.24, 2.45) is 0 Å². The molecule has 3 atom stereocenters. The summed E-state index contributed by atoms with van der Waals surface area (Å²) < 4.78 is 2.00. The molecule has 6 heteroatoms. The van der Waals surface area contributed by atoms with Crippen LogP contribution < -0.4 is 0 Å². The molecule has 0 radical (unpaired) electrons. The van der Waals surface area contributed by atoms with Gasteiger partial charge in [0.1, 0.15) is 5.52 Å². The van der Waals surface area contributed by atoms with Crippen LogP contribution in [0, 0.1) is 0 Å². The van der Waals surface area contributed by atoms with Crippen LogP contribution in [0.3, 0.4) is 0 Å². The molecular weight excluding hydrogens is 340 g/mol. The van der Waals surface area contributed by atoms with E-state index < -0.39 is 0 Å². The molecule has 1 N–H and O–H groups in total. The first-order valence-electron chi connectivity index (χ1n) is 9.54. The summed E-state index contributed by atoms with van der Waals surface area (Å²) in [4.78, 5) is 24.0. The molecule has 1 unspecified atom stereocenters. The number of aliphatic hydroxyl groups is 1. The van der Waals surface area contributed by atoms with Gasteiger partial charge in [-0.3, -0.25) is 4.79 Å². The Labute approximate surface area is 157 Å². The van der Waals surface area contributed by atoms with Crippen molar-refractivity contribution in [1.29, 1.82) is 0 Å². The molecule has 1 amide bonds. The van der Waals surface area contributed by atoms with Crippen LogP contribution in [0.2, 0.25) is 0 Å². The summed E-state index contributed by atoms with van der Waals surface area (Å²) in [5.74, 6) is 0.0152. The summed E-state index contributed by atoms with van der Waals surface area (Å²) in [6.07, 6.45) is 6.50. The maximum Gasteiger partial charge on any atom is 0.256 e. The van der Waals surface area contributed by atoms with Gasteiger partial charge in [0.2, 0.25) is 0 Å². The molecule has 3 aromatic rings. The third-order valence-corrected chi connectivity index (χ3v) is 5.84. The largest absolute Gasteiger partial charge is 0.393 e. The SMILES string of the molecule is O=C(c1cnc2c(c1)ncn2Cc1ccccc1)N1[C@@H]2CC[C@H]1CC(O)C2. The molecule has 6 nitrogen and oxygen atoms in total. The number of pyridine rings is 1. The lowest BCUT2D eigenvalue weighted by Gasteiger charge is -2.37. The van der Waals surface area contributed by atoms with Crippen molar-refractivity contribution in [3.63, 3.8) is 0 Å². The molecular formula is C21H22N4O2. The van der Waals surface area contributed by atoms with Gasteiger partial charge >= 0.3 is 0 Å². The average Bonchev–Trinajstić information content (AvgIpc) is 3.20. The fourth-order valence-electron chi connectivity index (χ4n) is 4.59. The lowest BCUT2D eigenvalue weighted by Crippen LogP contribution is -2.48. The number of aliphatic hydroxyl groups excluding tert-OH is 1. The Balaban J connectivity index is 1.41. The van der Waals surface area contributed by atoms with Gasteiger partial charge < -0.3 is 14.6 Å². The molecule has 2 bridgehead atoms. The van der Waals surface area contributed by atoms with Crippen molar-refractivity contribution in [1.82, 2.24) is 19.4 Å². The Kier molecular flexibility index (Phi) is 3.93. The lowest BCUT2D eigenvalue weighted by molar-refractivity contribution is 0.0286. The molecule has 27 heavy (non-hydrogen) atoms. The summed E-state index contributed by atoms with van der Waals surface area (Å²) >= 11 is 0. The molecule has 5 rings (SSSR count). The number of benzene rings is 1. The first-order chi connectivity index (χ1) is 13.2. The van der Waals surface area contributed by atoms with Gasteiger partial charge in [-0.2, -0.15) is 0 Å². The van der Waals surface area contributed by atoms with Crippen molar-refractivity contribution >= 4 is 17.1 Å². The van der Waals surface area contributed by atoms with Crippen LogP contribution in [-0.4, -0.2) is 48.6 Å². The molecule has 2 aliphatic rings. The number of hydrogen-bond donors (Lipinski definition) is 1. The van der Waals surface area contributed by atoms with Gasteiger partial charge in [-0.1, -0.05) is 30.3 Å². The van der Waals surface area contributed by atoms with Gasteiger partial charge in [-0.05, 0) is 37.3 Å². The molecule has 138 valence electrons. The highest BCUT2D eigenvalue weighted by atomic mass is 16.3. The van der Waals surface area contributed by atoms with E-state index in [0.29, 0.717) is 24.9 Å².